The topological polar surface area (TPSA) is 23.6 Å². The molecule has 0 aliphatic carbocycles. The minimum atomic E-state index is -0.441. The maximum absolute atomic E-state index is 11.2. The molecule has 0 aliphatic rings. The van der Waals surface area contributed by atoms with Crippen LogP contribution < -0.4 is 10.6 Å². The molecular formula is C27H53N2OPS. The molecule has 0 saturated carbocycles. The second-order valence-electron chi connectivity index (χ2n) is 6.66. The first-order chi connectivity index (χ1) is 13.3. The number of hydrogen-bond acceptors (Lipinski definition) is 4. The predicted octanol–water partition coefficient (Wildman–Crippen LogP) is 7.04. The fourth-order valence-electron chi connectivity index (χ4n) is 1.67. The number of nitrogens with zero attached hydrogens (tertiary/aromatic N) is 2. The second-order valence-corrected chi connectivity index (χ2v) is 10.4. The monoisotopic (exact) mass is 484 g/mol. The highest BCUT2D eigenvalue weighted by atomic mass is 32.2. The molecule has 0 aliphatic heterocycles. The van der Waals surface area contributed by atoms with Crippen molar-refractivity contribution >= 4 is 35.4 Å². The summed E-state index contributed by atoms with van der Waals surface area (Å²) in [6, 6.07) is 20.9. The third-order valence-corrected chi connectivity index (χ3v) is 7.60. The van der Waals surface area contributed by atoms with E-state index in [9.17, 15) is 4.79 Å². The normalized spacial score (nSPS) is 8.94. The quantitative estimate of drug-likeness (QED) is 0.410. The third-order valence-electron chi connectivity index (χ3n) is 3.80. The summed E-state index contributed by atoms with van der Waals surface area (Å²) in [4.78, 5) is 15.4. The van der Waals surface area contributed by atoms with Crippen LogP contribution in [0.5, 0.6) is 0 Å². The van der Waals surface area contributed by atoms with Crippen LogP contribution in [-0.2, 0) is 4.79 Å². The van der Waals surface area contributed by atoms with Crippen molar-refractivity contribution in [2.75, 3.05) is 46.8 Å². The average molecular weight is 485 g/mol. The minimum Gasteiger partial charge on any atom is -0.310 e. The molecule has 0 atom stereocenters. The van der Waals surface area contributed by atoms with Gasteiger partial charge in [0.15, 0.2) is 5.12 Å². The van der Waals surface area contributed by atoms with E-state index in [4.69, 9.17) is 0 Å². The van der Waals surface area contributed by atoms with Crippen molar-refractivity contribution in [2.24, 2.45) is 0 Å². The first kappa shape index (κ1) is 41.1. The maximum Gasteiger partial charge on any atom is 0.186 e. The molecule has 2 aromatic rings. The van der Waals surface area contributed by atoms with Gasteiger partial charge in [-0.3, -0.25) is 4.79 Å². The Labute approximate surface area is 207 Å². The van der Waals surface area contributed by atoms with Gasteiger partial charge in [-0.25, -0.2) is 0 Å². The van der Waals surface area contributed by atoms with Gasteiger partial charge in [-0.2, -0.15) is 0 Å². The Bertz CT molecular complexity index is 575. The Kier molecular flexibility index (Phi) is 33.5. The fourth-order valence-corrected chi connectivity index (χ4v) is 5.47. The smallest absolute Gasteiger partial charge is 0.186 e. The molecule has 0 amide bonds. The zero-order valence-corrected chi connectivity index (χ0v) is 20.3. The highest BCUT2D eigenvalue weighted by molar-refractivity contribution is 8.18. The first-order valence-electron chi connectivity index (χ1n) is 9.62. The fraction of sp³-hybridized carbons (Fsp3) is 0.519. The van der Waals surface area contributed by atoms with E-state index in [1.165, 1.54) is 22.4 Å². The van der Waals surface area contributed by atoms with Crippen LogP contribution in [0.3, 0.4) is 0 Å². The van der Waals surface area contributed by atoms with Gasteiger partial charge >= 0.3 is 0 Å². The molecule has 32 heavy (non-hydrogen) atoms. The molecule has 0 fully saturated rings. The molecule has 0 saturated heterocycles. The summed E-state index contributed by atoms with van der Waals surface area (Å²) in [6.45, 7) is 8.16. The van der Waals surface area contributed by atoms with Gasteiger partial charge in [0.05, 0.1) is 0 Å². The highest BCUT2D eigenvalue weighted by Crippen LogP contribution is 2.37. The summed E-state index contributed by atoms with van der Waals surface area (Å²) in [5.74, 6) is 0. The van der Waals surface area contributed by atoms with E-state index in [1.54, 1.807) is 6.92 Å². The van der Waals surface area contributed by atoms with Gasteiger partial charge in [0.25, 0.3) is 0 Å². The molecule has 0 bridgehead atoms. The Morgan fingerprint density at radius 1 is 0.719 bits per heavy atom. The van der Waals surface area contributed by atoms with E-state index in [2.05, 4.69) is 100 Å². The van der Waals surface area contributed by atoms with Crippen LogP contribution >= 0.6 is 19.7 Å². The van der Waals surface area contributed by atoms with Crippen LogP contribution in [0.25, 0.3) is 0 Å². The molecule has 0 N–H and O–H groups in total. The van der Waals surface area contributed by atoms with Gasteiger partial charge < -0.3 is 9.80 Å². The lowest BCUT2D eigenvalue weighted by atomic mass is 10.4. The van der Waals surface area contributed by atoms with Crippen LogP contribution in [0.2, 0.25) is 0 Å². The summed E-state index contributed by atoms with van der Waals surface area (Å²) >= 11 is 1.42. The molecule has 0 spiro atoms. The van der Waals surface area contributed by atoms with Crippen LogP contribution in [0.4, 0.5) is 0 Å². The molecule has 3 nitrogen and oxygen atoms in total. The van der Waals surface area contributed by atoms with Crippen LogP contribution in [-0.4, -0.2) is 61.7 Å². The van der Waals surface area contributed by atoms with Crippen molar-refractivity contribution in [1.29, 1.82) is 0 Å². The lowest BCUT2D eigenvalue weighted by Crippen LogP contribution is -2.13. The maximum atomic E-state index is 11.2. The Morgan fingerprint density at radius 2 is 1.00 bits per heavy atom. The van der Waals surface area contributed by atoms with Gasteiger partial charge in [0.1, 0.15) is 0 Å². The molecule has 2 rings (SSSR count). The van der Waals surface area contributed by atoms with Crippen molar-refractivity contribution in [3.8, 4) is 0 Å². The summed E-state index contributed by atoms with van der Waals surface area (Å²) in [5, 5.41) is 2.84. The van der Waals surface area contributed by atoms with Gasteiger partial charge in [-0.15, -0.1) is 0 Å². The summed E-state index contributed by atoms with van der Waals surface area (Å²) < 4.78 is 0. The number of benzene rings is 2. The van der Waals surface area contributed by atoms with Crippen LogP contribution in [0, 0.1) is 0 Å². The van der Waals surface area contributed by atoms with Crippen molar-refractivity contribution in [3.05, 3.63) is 60.7 Å². The van der Waals surface area contributed by atoms with E-state index >= 15 is 0 Å². The Morgan fingerprint density at radius 3 is 1.22 bits per heavy atom. The summed E-state index contributed by atoms with van der Waals surface area (Å²) in [5.41, 5.74) is 0.860. The van der Waals surface area contributed by atoms with Crippen molar-refractivity contribution in [2.45, 2.75) is 50.5 Å². The third kappa shape index (κ3) is 22.0. The standard InChI is InChI=1S/C15H15OPS.2C4H11N.4CH4/c1-13(16)18-12-17(14-8-4-2-5-9-14)15-10-6-3-7-11-15;2*1-4-5(2)3;;;;/h2-11H,12H2,1H3;2*4H2,1-3H3;4*1H4. The molecule has 5 heteroatoms. The zero-order valence-electron chi connectivity index (χ0n) is 18.6. The summed E-state index contributed by atoms with van der Waals surface area (Å²) in [6.07, 6.45) is 0. The van der Waals surface area contributed by atoms with Crippen molar-refractivity contribution < 1.29 is 4.79 Å². The lowest BCUT2D eigenvalue weighted by molar-refractivity contribution is -0.109. The van der Waals surface area contributed by atoms with E-state index in [0.29, 0.717) is 0 Å². The van der Waals surface area contributed by atoms with Gasteiger partial charge in [0, 0.05) is 12.4 Å². The van der Waals surface area contributed by atoms with Crippen molar-refractivity contribution in [1.82, 2.24) is 9.80 Å². The average Bonchev–Trinajstić information content (AvgIpc) is 2.70. The molecule has 0 radical (unpaired) electrons. The number of carbonyl (C=O) groups is 1. The number of hydrogen-bond donors (Lipinski definition) is 0. The SMILES string of the molecule is C.C.C.C.CC(=O)SCP(c1ccccc1)c1ccccc1.CCN(C)C.CCN(C)C. The minimum absolute atomic E-state index is 0. The van der Waals surface area contributed by atoms with E-state index in [-0.39, 0.29) is 34.8 Å². The van der Waals surface area contributed by atoms with Crippen molar-refractivity contribution in [3.63, 3.8) is 0 Å². The molecular weight excluding hydrogens is 431 g/mol. The Balaban J connectivity index is -0.000000149. The summed E-state index contributed by atoms with van der Waals surface area (Å²) in [7, 11) is 7.78. The Hall–Kier alpha value is -1.19. The van der Waals surface area contributed by atoms with Crippen LogP contribution in [0.15, 0.2) is 60.7 Å². The molecule has 0 heterocycles. The molecule has 2 aromatic carbocycles. The lowest BCUT2D eigenvalue weighted by Gasteiger charge is -2.17. The van der Waals surface area contributed by atoms with Gasteiger partial charge in [0.2, 0.25) is 0 Å². The number of thioether (sulfide) groups is 1. The van der Waals surface area contributed by atoms with Crippen LogP contribution in [0.1, 0.15) is 50.5 Å². The molecule has 0 unspecified atom stereocenters. The van der Waals surface area contributed by atoms with Gasteiger partial charge in [-0.1, -0.05) is 116 Å². The largest absolute Gasteiger partial charge is 0.310 e. The second kappa shape index (κ2) is 26.1. The van der Waals surface area contributed by atoms with Gasteiger partial charge in [-0.05, 0) is 59.8 Å². The van der Waals surface area contributed by atoms with E-state index in [1.807, 2.05) is 12.1 Å². The molecule has 188 valence electrons. The van der Waals surface area contributed by atoms with E-state index in [0.717, 1.165) is 18.6 Å². The number of carbonyl (C=O) groups excluding carboxylic acids is 1. The number of rotatable bonds is 6. The molecule has 0 aromatic heterocycles. The highest BCUT2D eigenvalue weighted by Gasteiger charge is 2.14. The predicted molar refractivity (Wildman–Crippen MR) is 158 cm³/mol. The zero-order chi connectivity index (χ0) is 21.4. The first-order valence-corrected chi connectivity index (χ1v) is 12.1. The van der Waals surface area contributed by atoms with E-state index < -0.39 is 7.92 Å².